The molecule has 1 aromatic carbocycles. The zero-order valence-corrected chi connectivity index (χ0v) is 15.2. The van der Waals surface area contributed by atoms with E-state index in [9.17, 15) is 18.0 Å². The number of carbonyl (C=O) groups is 1. The molecule has 1 heterocycles. The summed E-state index contributed by atoms with van der Waals surface area (Å²) in [7, 11) is 0. The highest BCUT2D eigenvalue weighted by Crippen LogP contribution is 2.24. The maximum atomic E-state index is 12.5. The summed E-state index contributed by atoms with van der Waals surface area (Å²) in [5.41, 5.74) is 0.215. The molecule has 1 aliphatic heterocycles. The second-order valence-electron chi connectivity index (χ2n) is 5.87. The van der Waals surface area contributed by atoms with Crippen LogP contribution >= 0.6 is 12.4 Å². The molecule has 8 heteroatoms. The largest absolute Gasteiger partial charge is 0.573 e. The number of halogens is 4. The molecule has 0 aromatic heterocycles. The molecule has 0 spiro atoms. The summed E-state index contributed by atoms with van der Waals surface area (Å²) in [6, 6.07) is 5.76. The molecule has 1 fully saturated rings. The van der Waals surface area contributed by atoms with Gasteiger partial charge in [-0.15, -0.1) is 25.6 Å². The first-order chi connectivity index (χ1) is 11.3. The molecular formula is C17H24ClF3N2O2. The Hall–Kier alpha value is -1.47. The van der Waals surface area contributed by atoms with E-state index in [-0.39, 0.29) is 29.6 Å². The molecule has 0 unspecified atom stereocenters. The number of hydrogen-bond acceptors (Lipinski definition) is 3. The number of rotatable bonds is 5. The van der Waals surface area contributed by atoms with Crippen molar-refractivity contribution in [1.82, 2.24) is 9.80 Å². The van der Waals surface area contributed by atoms with Gasteiger partial charge in [-0.25, -0.2) is 0 Å². The van der Waals surface area contributed by atoms with Crippen LogP contribution in [0.15, 0.2) is 24.3 Å². The number of nitrogens with zero attached hydrogens (tertiary/aromatic N) is 2. The van der Waals surface area contributed by atoms with Crippen LogP contribution < -0.4 is 4.74 Å². The van der Waals surface area contributed by atoms with Crippen molar-refractivity contribution in [2.24, 2.45) is 0 Å². The second-order valence-corrected chi connectivity index (χ2v) is 5.87. The maximum absolute atomic E-state index is 12.5. The molecule has 1 saturated heterocycles. The van der Waals surface area contributed by atoms with Crippen molar-refractivity contribution in [2.75, 3.05) is 26.2 Å². The third kappa shape index (κ3) is 6.08. The molecule has 1 amide bonds. The lowest BCUT2D eigenvalue weighted by Gasteiger charge is -2.38. The minimum absolute atomic E-state index is 0. The molecule has 2 rings (SSSR count). The van der Waals surface area contributed by atoms with Crippen LogP contribution in [-0.2, 0) is 0 Å². The monoisotopic (exact) mass is 380 g/mol. The first kappa shape index (κ1) is 21.6. The van der Waals surface area contributed by atoms with E-state index < -0.39 is 6.36 Å². The van der Waals surface area contributed by atoms with E-state index >= 15 is 0 Å². The molecule has 0 N–H and O–H groups in total. The fraction of sp³-hybridized carbons (Fsp3) is 0.588. The standard InChI is InChI=1S/C17H23F3N2O2.ClH/c1-3-14(4-2)21-8-10-22(11-9-21)16(23)13-6-5-7-15(12-13)24-17(18,19)20;/h5-7,12,14H,3-4,8-11H2,1-2H3;1H. The van der Waals surface area contributed by atoms with Gasteiger partial charge in [-0.1, -0.05) is 19.9 Å². The number of piperazine rings is 1. The molecule has 1 aromatic rings. The molecule has 0 atom stereocenters. The van der Waals surface area contributed by atoms with Gasteiger partial charge in [0.05, 0.1) is 0 Å². The van der Waals surface area contributed by atoms with E-state index in [2.05, 4.69) is 23.5 Å². The van der Waals surface area contributed by atoms with Crippen LogP contribution in [0.25, 0.3) is 0 Å². The number of benzene rings is 1. The number of ether oxygens (including phenoxy) is 1. The lowest BCUT2D eigenvalue weighted by molar-refractivity contribution is -0.274. The van der Waals surface area contributed by atoms with Gasteiger partial charge in [0, 0.05) is 37.8 Å². The number of hydrogen-bond donors (Lipinski definition) is 0. The van der Waals surface area contributed by atoms with Crippen LogP contribution in [0.5, 0.6) is 5.75 Å². The molecule has 0 bridgehead atoms. The second kappa shape index (κ2) is 9.29. The average molecular weight is 381 g/mol. The van der Waals surface area contributed by atoms with Gasteiger partial charge in [0.15, 0.2) is 0 Å². The van der Waals surface area contributed by atoms with Crippen molar-refractivity contribution in [1.29, 1.82) is 0 Å². The molecule has 1 aliphatic rings. The summed E-state index contributed by atoms with van der Waals surface area (Å²) in [6.07, 6.45) is -2.62. The Morgan fingerprint density at radius 2 is 1.76 bits per heavy atom. The van der Waals surface area contributed by atoms with Gasteiger partial charge in [0.2, 0.25) is 0 Å². The fourth-order valence-corrected chi connectivity index (χ4v) is 3.10. The fourth-order valence-electron chi connectivity index (χ4n) is 3.10. The lowest BCUT2D eigenvalue weighted by atomic mass is 10.1. The third-order valence-corrected chi connectivity index (χ3v) is 4.37. The Kier molecular flexibility index (Phi) is 8.02. The minimum Gasteiger partial charge on any atom is -0.406 e. The maximum Gasteiger partial charge on any atom is 0.573 e. The predicted octanol–water partition coefficient (Wildman–Crippen LogP) is 3.95. The van der Waals surface area contributed by atoms with Gasteiger partial charge < -0.3 is 9.64 Å². The van der Waals surface area contributed by atoms with Crippen LogP contribution in [-0.4, -0.2) is 54.3 Å². The van der Waals surface area contributed by atoms with E-state index in [0.29, 0.717) is 19.1 Å². The highest BCUT2D eigenvalue weighted by molar-refractivity contribution is 5.94. The molecule has 25 heavy (non-hydrogen) atoms. The highest BCUT2D eigenvalue weighted by Gasteiger charge is 2.31. The Bertz CT molecular complexity index is 557. The predicted molar refractivity (Wildman–Crippen MR) is 92.2 cm³/mol. The van der Waals surface area contributed by atoms with Gasteiger partial charge in [-0.3, -0.25) is 9.69 Å². The minimum atomic E-state index is -4.76. The van der Waals surface area contributed by atoms with Crippen molar-refractivity contribution in [2.45, 2.75) is 39.1 Å². The molecule has 4 nitrogen and oxygen atoms in total. The molecule has 0 aliphatic carbocycles. The summed E-state index contributed by atoms with van der Waals surface area (Å²) in [5.74, 6) is -0.629. The summed E-state index contributed by atoms with van der Waals surface area (Å²) in [5, 5.41) is 0. The zero-order valence-electron chi connectivity index (χ0n) is 14.4. The van der Waals surface area contributed by atoms with Crippen molar-refractivity contribution in [3.8, 4) is 5.75 Å². The first-order valence-electron chi connectivity index (χ1n) is 8.23. The number of amides is 1. The smallest absolute Gasteiger partial charge is 0.406 e. The highest BCUT2D eigenvalue weighted by atomic mass is 35.5. The van der Waals surface area contributed by atoms with Crippen molar-refractivity contribution in [3.63, 3.8) is 0 Å². The quantitative estimate of drug-likeness (QED) is 0.775. The van der Waals surface area contributed by atoms with Crippen molar-refractivity contribution < 1.29 is 22.7 Å². The number of alkyl halides is 3. The van der Waals surface area contributed by atoms with Crippen LogP contribution in [0.2, 0.25) is 0 Å². The molecule has 142 valence electrons. The van der Waals surface area contributed by atoms with Crippen molar-refractivity contribution >= 4 is 18.3 Å². The third-order valence-electron chi connectivity index (χ3n) is 4.37. The molecule has 0 saturated carbocycles. The Labute approximate surface area is 152 Å². The Balaban J connectivity index is 0.00000312. The van der Waals surface area contributed by atoms with Crippen molar-refractivity contribution in [3.05, 3.63) is 29.8 Å². The van der Waals surface area contributed by atoms with Crippen LogP contribution in [0.1, 0.15) is 37.0 Å². The summed E-state index contributed by atoms with van der Waals surface area (Å²) >= 11 is 0. The Morgan fingerprint density at radius 3 is 2.28 bits per heavy atom. The summed E-state index contributed by atoms with van der Waals surface area (Å²) in [6.45, 7) is 7.04. The SMILES string of the molecule is CCC(CC)N1CCN(C(=O)c2cccc(OC(F)(F)F)c2)CC1.Cl. The Morgan fingerprint density at radius 1 is 1.16 bits per heavy atom. The normalized spacial score (nSPS) is 15.8. The van der Waals surface area contributed by atoms with Gasteiger partial charge in [0.25, 0.3) is 5.91 Å². The van der Waals surface area contributed by atoms with Gasteiger partial charge in [-0.2, -0.15) is 0 Å². The van der Waals surface area contributed by atoms with Gasteiger partial charge in [0.1, 0.15) is 5.75 Å². The van der Waals surface area contributed by atoms with E-state index in [1.54, 1.807) is 4.90 Å². The molecule has 0 radical (unpaired) electrons. The van der Waals surface area contributed by atoms with Crippen LogP contribution in [0.3, 0.4) is 0 Å². The molecular weight excluding hydrogens is 357 g/mol. The van der Waals surface area contributed by atoms with Crippen LogP contribution in [0.4, 0.5) is 13.2 Å². The topological polar surface area (TPSA) is 32.8 Å². The summed E-state index contributed by atoms with van der Waals surface area (Å²) < 4.78 is 40.8. The number of carbonyl (C=O) groups excluding carboxylic acids is 1. The van der Waals surface area contributed by atoms with E-state index in [1.165, 1.54) is 18.2 Å². The average Bonchev–Trinajstić information content (AvgIpc) is 2.55. The van der Waals surface area contributed by atoms with E-state index in [0.717, 1.165) is 32.0 Å². The van der Waals surface area contributed by atoms with E-state index in [4.69, 9.17) is 0 Å². The van der Waals surface area contributed by atoms with Gasteiger partial charge >= 0.3 is 6.36 Å². The zero-order chi connectivity index (χ0) is 17.7. The summed E-state index contributed by atoms with van der Waals surface area (Å²) in [4.78, 5) is 16.6. The first-order valence-corrected chi connectivity index (χ1v) is 8.23. The van der Waals surface area contributed by atoms with E-state index in [1.807, 2.05) is 0 Å². The van der Waals surface area contributed by atoms with Gasteiger partial charge in [-0.05, 0) is 31.0 Å². The lowest BCUT2D eigenvalue weighted by Crippen LogP contribution is -2.51. The van der Waals surface area contributed by atoms with Crippen LogP contribution in [0, 0.1) is 0 Å².